The van der Waals surface area contributed by atoms with Crippen LogP contribution in [-0.2, 0) is 26.1 Å². The van der Waals surface area contributed by atoms with E-state index >= 15 is 0 Å². The molecule has 11 heteroatoms. The molecule has 0 bridgehead atoms. The Hall–Kier alpha value is -2.50. The highest BCUT2D eigenvalue weighted by atomic mass is 32.2. The van der Waals surface area contributed by atoms with Gasteiger partial charge in [-0.25, -0.2) is 13.4 Å². The molecule has 170 valence electrons. The van der Waals surface area contributed by atoms with Gasteiger partial charge < -0.3 is 19.3 Å². The Morgan fingerprint density at radius 3 is 2.58 bits per heavy atom. The van der Waals surface area contributed by atoms with Gasteiger partial charge in [-0.3, -0.25) is 4.79 Å². The van der Waals surface area contributed by atoms with Crippen LogP contribution in [0.1, 0.15) is 29.9 Å². The highest BCUT2D eigenvalue weighted by Crippen LogP contribution is 2.27. The SMILES string of the molecule is COCCOc1ccc(CNC(=O)C2CCN(S(=O)(=O)c3c(C)noc3C)CC2)cn1. The minimum Gasteiger partial charge on any atom is -0.475 e. The summed E-state index contributed by atoms with van der Waals surface area (Å²) in [6.45, 7) is 5.00. The number of piperidine rings is 1. The van der Waals surface area contributed by atoms with E-state index in [1.54, 1.807) is 33.2 Å². The number of pyridine rings is 1. The van der Waals surface area contributed by atoms with Crippen molar-refractivity contribution in [3.8, 4) is 5.88 Å². The largest absolute Gasteiger partial charge is 0.475 e. The standard InChI is InChI=1S/C20H28N4O6S/c1-14-19(15(2)30-23-14)31(26,27)24-8-6-17(7-9-24)20(25)22-13-16-4-5-18(21-12-16)29-11-10-28-3/h4-5,12,17H,6-11,13H2,1-3H3,(H,22,25). The molecule has 1 amide bonds. The van der Waals surface area contributed by atoms with Gasteiger partial charge in [0.2, 0.25) is 21.8 Å². The second kappa shape index (κ2) is 10.2. The molecule has 1 aliphatic rings. The molecular weight excluding hydrogens is 424 g/mol. The molecule has 2 aromatic heterocycles. The van der Waals surface area contributed by atoms with Crippen LogP contribution in [0.25, 0.3) is 0 Å². The second-order valence-corrected chi connectivity index (χ2v) is 9.27. The third-order valence-electron chi connectivity index (χ3n) is 5.19. The smallest absolute Gasteiger partial charge is 0.248 e. The molecule has 1 N–H and O–H groups in total. The topological polar surface area (TPSA) is 124 Å². The van der Waals surface area contributed by atoms with E-state index in [4.69, 9.17) is 14.0 Å². The maximum atomic E-state index is 12.9. The summed E-state index contributed by atoms with van der Waals surface area (Å²) in [5.74, 6) is 0.454. The summed E-state index contributed by atoms with van der Waals surface area (Å²) < 4.78 is 42.5. The minimum atomic E-state index is -3.68. The van der Waals surface area contributed by atoms with E-state index in [1.165, 1.54) is 4.31 Å². The maximum absolute atomic E-state index is 12.9. The number of hydrogen-bond acceptors (Lipinski definition) is 8. The van der Waals surface area contributed by atoms with Crippen LogP contribution in [0.2, 0.25) is 0 Å². The van der Waals surface area contributed by atoms with Crippen molar-refractivity contribution in [2.45, 2.75) is 38.1 Å². The van der Waals surface area contributed by atoms with E-state index in [2.05, 4.69) is 15.5 Å². The molecule has 0 aliphatic carbocycles. The van der Waals surface area contributed by atoms with Crippen LogP contribution in [0.4, 0.5) is 0 Å². The Labute approximate surface area is 182 Å². The molecule has 0 aromatic carbocycles. The van der Waals surface area contributed by atoms with Gasteiger partial charge in [-0.2, -0.15) is 4.31 Å². The van der Waals surface area contributed by atoms with Crippen molar-refractivity contribution in [1.29, 1.82) is 0 Å². The van der Waals surface area contributed by atoms with Gasteiger partial charge in [0.15, 0.2) is 5.76 Å². The fourth-order valence-electron chi connectivity index (χ4n) is 3.49. The van der Waals surface area contributed by atoms with E-state index in [1.807, 2.05) is 6.07 Å². The quantitative estimate of drug-likeness (QED) is 0.567. The van der Waals surface area contributed by atoms with Crippen LogP contribution in [0, 0.1) is 19.8 Å². The number of nitrogens with one attached hydrogen (secondary N) is 1. The maximum Gasteiger partial charge on any atom is 0.248 e. The van der Waals surface area contributed by atoms with E-state index in [-0.39, 0.29) is 35.6 Å². The Morgan fingerprint density at radius 1 is 1.26 bits per heavy atom. The minimum absolute atomic E-state index is 0.0881. The van der Waals surface area contributed by atoms with Crippen LogP contribution in [0.15, 0.2) is 27.7 Å². The molecule has 3 heterocycles. The lowest BCUT2D eigenvalue weighted by Crippen LogP contribution is -2.43. The van der Waals surface area contributed by atoms with E-state index < -0.39 is 10.0 Å². The molecule has 10 nitrogen and oxygen atoms in total. The predicted octanol–water partition coefficient (Wildman–Crippen LogP) is 1.43. The number of amides is 1. The van der Waals surface area contributed by atoms with Crippen molar-refractivity contribution in [1.82, 2.24) is 19.8 Å². The van der Waals surface area contributed by atoms with Crippen molar-refractivity contribution in [2.75, 3.05) is 33.4 Å². The molecule has 0 radical (unpaired) electrons. The molecule has 2 aromatic rings. The summed E-state index contributed by atoms with van der Waals surface area (Å²) in [5.41, 5.74) is 1.20. The number of methoxy groups -OCH3 is 1. The van der Waals surface area contributed by atoms with Gasteiger partial charge in [-0.1, -0.05) is 11.2 Å². The Bertz CT molecular complexity index is 962. The molecule has 0 spiro atoms. The van der Waals surface area contributed by atoms with Crippen LogP contribution in [0.5, 0.6) is 5.88 Å². The van der Waals surface area contributed by atoms with E-state index in [9.17, 15) is 13.2 Å². The number of nitrogens with zero attached hydrogens (tertiary/aromatic N) is 3. The monoisotopic (exact) mass is 452 g/mol. The van der Waals surface area contributed by atoms with Crippen LogP contribution in [0.3, 0.4) is 0 Å². The first-order chi connectivity index (χ1) is 14.8. The molecule has 0 saturated carbocycles. The first-order valence-electron chi connectivity index (χ1n) is 10.1. The molecule has 0 unspecified atom stereocenters. The molecule has 31 heavy (non-hydrogen) atoms. The lowest BCUT2D eigenvalue weighted by molar-refractivity contribution is -0.126. The average molecular weight is 453 g/mol. The van der Waals surface area contributed by atoms with Gasteiger partial charge in [-0.05, 0) is 32.3 Å². The Morgan fingerprint density at radius 2 is 2.00 bits per heavy atom. The third kappa shape index (κ3) is 5.60. The zero-order valence-electron chi connectivity index (χ0n) is 18.0. The van der Waals surface area contributed by atoms with Crippen molar-refractivity contribution in [3.05, 3.63) is 35.3 Å². The highest BCUT2D eigenvalue weighted by molar-refractivity contribution is 7.89. The second-order valence-electron chi connectivity index (χ2n) is 7.40. The Balaban J connectivity index is 1.48. The third-order valence-corrected chi connectivity index (χ3v) is 7.34. The molecule has 1 aliphatic heterocycles. The van der Waals surface area contributed by atoms with Crippen LogP contribution < -0.4 is 10.1 Å². The van der Waals surface area contributed by atoms with Crippen molar-refractivity contribution in [2.24, 2.45) is 5.92 Å². The van der Waals surface area contributed by atoms with Crippen molar-refractivity contribution >= 4 is 15.9 Å². The van der Waals surface area contributed by atoms with Gasteiger partial charge >= 0.3 is 0 Å². The highest BCUT2D eigenvalue weighted by Gasteiger charge is 2.35. The summed E-state index contributed by atoms with van der Waals surface area (Å²) in [5, 5.41) is 6.64. The summed E-state index contributed by atoms with van der Waals surface area (Å²) in [7, 11) is -2.08. The number of rotatable bonds is 9. The number of carbonyl (C=O) groups is 1. The fraction of sp³-hybridized carbons (Fsp3) is 0.550. The molecule has 0 atom stereocenters. The summed E-state index contributed by atoms with van der Waals surface area (Å²) >= 11 is 0. The summed E-state index contributed by atoms with van der Waals surface area (Å²) in [6, 6.07) is 3.59. The average Bonchev–Trinajstić information content (AvgIpc) is 3.12. The number of aromatic nitrogens is 2. The summed E-state index contributed by atoms with van der Waals surface area (Å²) in [6.07, 6.45) is 2.57. The first-order valence-corrected chi connectivity index (χ1v) is 11.5. The number of hydrogen-bond donors (Lipinski definition) is 1. The normalized spacial score (nSPS) is 15.7. The van der Waals surface area contributed by atoms with Crippen LogP contribution in [-0.4, -0.2) is 62.2 Å². The van der Waals surface area contributed by atoms with Crippen LogP contribution >= 0.6 is 0 Å². The molecule has 1 fully saturated rings. The lowest BCUT2D eigenvalue weighted by Gasteiger charge is -2.30. The molecular formula is C20H28N4O6S. The molecule has 3 rings (SSSR count). The number of sulfonamides is 1. The predicted molar refractivity (Wildman–Crippen MR) is 111 cm³/mol. The summed E-state index contributed by atoms with van der Waals surface area (Å²) in [4.78, 5) is 16.9. The fourth-order valence-corrected chi connectivity index (χ4v) is 5.26. The number of carbonyl (C=O) groups excluding carboxylic acids is 1. The van der Waals surface area contributed by atoms with Gasteiger partial charge in [0.1, 0.15) is 17.2 Å². The van der Waals surface area contributed by atoms with Gasteiger partial charge in [0.25, 0.3) is 0 Å². The van der Waals surface area contributed by atoms with E-state index in [0.717, 1.165) is 5.56 Å². The number of aryl methyl sites for hydroxylation is 2. The van der Waals surface area contributed by atoms with Gasteiger partial charge in [0, 0.05) is 44.9 Å². The Kier molecular flexibility index (Phi) is 7.63. The van der Waals surface area contributed by atoms with Crippen molar-refractivity contribution in [3.63, 3.8) is 0 Å². The zero-order chi connectivity index (χ0) is 22.4. The van der Waals surface area contributed by atoms with Crippen molar-refractivity contribution < 1.29 is 27.2 Å². The zero-order valence-corrected chi connectivity index (χ0v) is 18.8. The van der Waals surface area contributed by atoms with Gasteiger partial charge in [-0.15, -0.1) is 0 Å². The molecule has 1 saturated heterocycles. The van der Waals surface area contributed by atoms with E-state index in [0.29, 0.717) is 44.2 Å². The lowest BCUT2D eigenvalue weighted by atomic mass is 9.97. The number of ether oxygens (including phenoxy) is 2. The van der Waals surface area contributed by atoms with Gasteiger partial charge in [0.05, 0.1) is 6.61 Å². The first kappa shape index (κ1) is 23.2.